The van der Waals surface area contributed by atoms with Crippen molar-refractivity contribution in [1.29, 1.82) is 0 Å². The lowest BCUT2D eigenvalue weighted by Crippen LogP contribution is -2.16. The van der Waals surface area contributed by atoms with Crippen LogP contribution in [0.25, 0.3) is 0 Å². The Morgan fingerprint density at radius 1 is 0.565 bits per heavy atom. The van der Waals surface area contributed by atoms with E-state index >= 15 is 0 Å². The van der Waals surface area contributed by atoms with Crippen molar-refractivity contribution in [3.8, 4) is 0 Å². The average Bonchev–Trinajstić information content (AvgIpc) is 2.52. The van der Waals surface area contributed by atoms with E-state index in [1.165, 1.54) is 0 Å². The number of carbonyl (C=O) groups is 2. The van der Waals surface area contributed by atoms with Gasteiger partial charge in [0, 0.05) is 13.1 Å². The van der Waals surface area contributed by atoms with Crippen LogP contribution in [0.4, 0.5) is 0 Å². The first kappa shape index (κ1) is 21.7. The van der Waals surface area contributed by atoms with E-state index in [9.17, 15) is 9.59 Å². The number of nitrogens with two attached hydrogens (primary N) is 2. The molecule has 0 atom stereocenters. The fourth-order valence-corrected chi connectivity index (χ4v) is 1.35. The van der Waals surface area contributed by atoms with Crippen molar-refractivity contribution in [2.75, 3.05) is 65.9 Å². The number of rotatable bonds is 16. The van der Waals surface area contributed by atoms with Crippen LogP contribution in [0, 0.1) is 0 Å². The highest BCUT2D eigenvalue weighted by Crippen LogP contribution is 1.87. The zero-order valence-corrected chi connectivity index (χ0v) is 13.5. The number of hydrogen-bond acceptors (Lipinski definition) is 9. The SMILES string of the molecule is NCCC(=O)OCCOCCOCCOCCOC(=O)CCN. The molecule has 0 radical (unpaired) electrons. The van der Waals surface area contributed by atoms with Crippen LogP contribution in [0.2, 0.25) is 0 Å². The molecule has 0 fully saturated rings. The molecule has 9 nitrogen and oxygen atoms in total. The Morgan fingerprint density at radius 3 is 1.17 bits per heavy atom. The van der Waals surface area contributed by atoms with Crippen molar-refractivity contribution < 1.29 is 33.3 Å². The summed E-state index contributed by atoms with van der Waals surface area (Å²) in [6, 6.07) is 0. The van der Waals surface area contributed by atoms with Gasteiger partial charge in [0.2, 0.25) is 0 Å². The fourth-order valence-electron chi connectivity index (χ4n) is 1.35. The smallest absolute Gasteiger partial charge is 0.307 e. The summed E-state index contributed by atoms with van der Waals surface area (Å²) < 4.78 is 25.4. The Kier molecular flexibility index (Phi) is 16.2. The standard InChI is InChI=1S/C14H28N2O7/c15-3-1-13(17)22-11-9-20-7-5-19-6-8-21-10-12-23-14(18)2-4-16/h1-12,15-16H2. The summed E-state index contributed by atoms with van der Waals surface area (Å²) >= 11 is 0. The molecule has 0 aromatic heterocycles. The zero-order valence-electron chi connectivity index (χ0n) is 13.5. The molecule has 0 aliphatic rings. The summed E-state index contributed by atoms with van der Waals surface area (Å²) in [7, 11) is 0. The minimum absolute atomic E-state index is 0.213. The predicted octanol–water partition coefficient (Wildman–Crippen LogP) is -1.18. The third-order valence-electron chi connectivity index (χ3n) is 2.42. The van der Waals surface area contributed by atoms with E-state index in [2.05, 4.69) is 0 Å². The van der Waals surface area contributed by atoms with Gasteiger partial charge in [0.15, 0.2) is 0 Å². The third kappa shape index (κ3) is 16.9. The Bertz CT molecular complexity index is 275. The Hall–Kier alpha value is -1.26. The van der Waals surface area contributed by atoms with Crippen LogP contribution in [-0.2, 0) is 33.3 Å². The van der Waals surface area contributed by atoms with Crippen molar-refractivity contribution >= 4 is 11.9 Å². The molecule has 0 bridgehead atoms. The molecule has 4 N–H and O–H groups in total. The van der Waals surface area contributed by atoms with E-state index in [1.54, 1.807) is 0 Å². The summed E-state index contributed by atoms with van der Waals surface area (Å²) in [5.41, 5.74) is 10.4. The quantitative estimate of drug-likeness (QED) is 0.264. The van der Waals surface area contributed by atoms with Crippen LogP contribution >= 0.6 is 0 Å². The summed E-state index contributed by atoms with van der Waals surface area (Å²) in [5.74, 6) is -0.642. The van der Waals surface area contributed by atoms with Crippen LogP contribution in [0.15, 0.2) is 0 Å². The summed E-state index contributed by atoms with van der Waals surface area (Å²) in [4.78, 5) is 21.9. The van der Waals surface area contributed by atoms with Crippen LogP contribution in [-0.4, -0.2) is 77.9 Å². The van der Waals surface area contributed by atoms with E-state index in [0.29, 0.717) is 39.6 Å². The van der Waals surface area contributed by atoms with Crippen LogP contribution in [0.5, 0.6) is 0 Å². The lowest BCUT2D eigenvalue weighted by Gasteiger charge is -2.08. The second-order valence-corrected chi connectivity index (χ2v) is 4.36. The molecule has 0 saturated heterocycles. The molecule has 9 heteroatoms. The van der Waals surface area contributed by atoms with Gasteiger partial charge in [0.1, 0.15) is 13.2 Å². The van der Waals surface area contributed by atoms with Crippen LogP contribution in [0.3, 0.4) is 0 Å². The molecule has 0 aliphatic heterocycles. The van der Waals surface area contributed by atoms with Crippen molar-refractivity contribution in [3.63, 3.8) is 0 Å². The second kappa shape index (κ2) is 17.1. The normalized spacial score (nSPS) is 10.5. The van der Waals surface area contributed by atoms with E-state index in [4.69, 9.17) is 35.2 Å². The average molecular weight is 336 g/mol. The first-order valence-corrected chi connectivity index (χ1v) is 7.65. The van der Waals surface area contributed by atoms with E-state index in [-0.39, 0.29) is 51.1 Å². The van der Waals surface area contributed by atoms with Crippen molar-refractivity contribution in [1.82, 2.24) is 0 Å². The maximum Gasteiger partial charge on any atom is 0.307 e. The molecule has 0 amide bonds. The van der Waals surface area contributed by atoms with Gasteiger partial charge >= 0.3 is 11.9 Å². The maximum absolute atomic E-state index is 11.0. The molecular weight excluding hydrogens is 308 g/mol. The van der Waals surface area contributed by atoms with Crippen LogP contribution < -0.4 is 11.5 Å². The highest BCUT2D eigenvalue weighted by atomic mass is 16.6. The molecule has 0 spiro atoms. The molecule has 0 unspecified atom stereocenters. The van der Waals surface area contributed by atoms with Crippen molar-refractivity contribution in [3.05, 3.63) is 0 Å². The zero-order chi connectivity index (χ0) is 17.2. The predicted molar refractivity (Wildman–Crippen MR) is 81.7 cm³/mol. The molecule has 0 heterocycles. The molecule has 136 valence electrons. The highest BCUT2D eigenvalue weighted by Gasteiger charge is 2.01. The van der Waals surface area contributed by atoms with Gasteiger partial charge in [0.05, 0.1) is 52.5 Å². The number of ether oxygens (including phenoxy) is 5. The Morgan fingerprint density at radius 2 is 0.870 bits per heavy atom. The fraction of sp³-hybridized carbons (Fsp3) is 0.857. The molecule has 0 saturated carbocycles. The number of esters is 2. The molecule has 0 rings (SSSR count). The molecule has 0 aliphatic carbocycles. The highest BCUT2D eigenvalue weighted by molar-refractivity contribution is 5.69. The van der Waals surface area contributed by atoms with Crippen molar-refractivity contribution in [2.45, 2.75) is 12.8 Å². The lowest BCUT2D eigenvalue weighted by atomic mass is 10.4. The van der Waals surface area contributed by atoms with Gasteiger partial charge in [-0.15, -0.1) is 0 Å². The van der Waals surface area contributed by atoms with Gasteiger partial charge in [0.25, 0.3) is 0 Å². The molecule has 0 aromatic rings. The first-order chi connectivity index (χ1) is 11.2. The van der Waals surface area contributed by atoms with Gasteiger partial charge in [-0.2, -0.15) is 0 Å². The third-order valence-corrected chi connectivity index (χ3v) is 2.42. The topological polar surface area (TPSA) is 132 Å². The minimum atomic E-state index is -0.321. The van der Waals surface area contributed by atoms with Gasteiger partial charge in [-0.1, -0.05) is 0 Å². The maximum atomic E-state index is 11.0. The summed E-state index contributed by atoms with van der Waals surface area (Å²) in [6.45, 7) is 3.30. The van der Waals surface area contributed by atoms with Gasteiger partial charge in [-0.3, -0.25) is 9.59 Å². The van der Waals surface area contributed by atoms with E-state index < -0.39 is 0 Å². The van der Waals surface area contributed by atoms with Crippen molar-refractivity contribution in [2.24, 2.45) is 11.5 Å². The van der Waals surface area contributed by atoms with Gasteiger partial charge in [-0.25, -0.2) is 0 Å². The monoisotopic (exact) mass is 336 g/mol. The molecule has 0 aromatic carbocycles. The lowest BCUT2D eigenvalue weighted by molar-refractivity contribution is -0.145. The summed E-state index contributed by atoms with van der Waals surface area (Å²) in [6.07, 6.45) is 0.435. The van der Waals surface area contributed by atoms with Gasteiger partial charge in [-0.05, 0) is 0 Å². The van der Waals surface area contributed by atoms with E-state index in [0.717, 1.165) is 0 Å². The largest absolute Gasteiger partial charge is 0.463 e. The Labute approximate surface area is 136 Å². The molecule has 23 heavy (non-hydrogen) atoms. The Balaban J connectivity index is 3.11. The minimum Gasteiger partial charge on any atom is -0.463 e. The van der Waals surface area contributed by atoms with Crippen LogP contribution in [0.1, 0.15) is 12.8 Å². The number of carbonyl (C=O) groups excluding carboxylic acids is 2. The summed E-state index contributed by atoms with van der Waals surface area (Å²) in [5, 5.41) is 0. The molecular formula is C14H28N2O7. The number of hydrogen-bond donors (Lipinski definition) is 2. The van der Waals surface area contributed by atoms with Gasteiger partial charge < -0.3 is 35.2 Å². The first-order valence-electron chi connectivity index (χ1n) is 7.65. The van der Waals surface area contributed by atoms with E-state index in [1.807, 2.05) is 0 Å². The second-order valence-electron chi connectivity index (χ2n) is 4.36.